The summed E-state index contributed by atoms with van der Waals surface area (Å²) in [5.74, 6) is 0. The Balaban J connectivity index is 2.45. The summed E-state index contributed by atoms with van der Waals surface area (Å²) in [5, 5.41) is 12.5. The van der Waals surface area contributed by atoms with Gasteiger partial charge in [0.15, 0.2) is 0 Å². The van der Waals surface area contributed by atoms with Gasteiger partial charge in [-0.3, -0.25) is 10.2 Å². The molecule has 17 heavy (non-hydrogen) atoms. The van der Waals surface area contributed by atoms with Gasteiger partial charge in [0.2, 0.25) is 0 Å². The number of hydrogen-bond donors (Lipinski definition) is 1. The molecule has 0 bridgehead atoms. The van der Waals surface area contributed by atoms with Crippen LogP contribution in [0.4, 0.5) is 0 Å². The Bertz CT molecular complexity index is 257. The lowest BCUT2D eigenvalue weighted by molar-refractivity contribution is 0.197. The quantitative estimate of drug-likeness (QED) is 0.747. The fourth-order valence-electron chi connectivity index (χ4n) is 2.53. The highest BCUT2D eigenvalue weighted by molar-refractivity contribution is 4.95. The Morgan fingerprint density at radius 2 is 2.18 bits per heavy atom. The molecule has 98 valence electrons. The van der Waals surface area contributed by atoms with Gasteiger partial charge in [0, 0.05) is 25.2 Å². The fourth-order valence-corrected chi connectivity index (χ4v) is 2.53. The minimum absolute atomic E-state index is 0.0437. The van der Waals surface area contributed by atoms with Crippen molar-refractivity contribution >= 4 is 0 Å². The molecular formula is C13H26N4. The lowest BCUT2D eigenvalue weighted by Gasteiger charge is -2.29. The van der Waals surface area contributed by atoms with E-state index >= 15 is 0 Å². The maximum Gasteiger partial charge on any atom is 0.108 e. The van der Waals surface area contributed by atoms with Crippen LogP contribution < -0.4 is 5.32 Å². The average molecular weight is 238 g/mol. The van der Waals surface area contributed by atoms with Crippen LogP contribution in [0.25, 0.3) is 0 Å². The van der Waals surface area contributed by atoms with Crippen LogP contribution in [0, 0.1) is 11.3 Å². The van der Waals surface area contributed by atoms with Gasteiger partial charge in [0.25, 0.3) is 0 Å². The summed E-state index contributed by atoms with van der Waals surface area (Å²) in [5.41, 5.74) is 0. The fraction of sp³-hybridized carbons (Fsp3) is 0.923. The topological polar surface area (TPSA) is 42.3 Å². The molecule has 1 heterocycles. The molecule has 0 amide bonds. The molecule has 0 aromatic heterocycles. The zero-order valence-electron chi connectivity index (χ0n) is 11.6. The number of nitrogens with zero attached hydrogens (tertiary/aromatic N) is 3. The van der Waals surface area contributed by atoms with Crippen LogP contribution in [-0.4, -0.2) is 61.7 Å². The van der Waals surface area contributed by atoms with Gasteiger partial charge in [-0.2, -0.15) is 5.26 Å². The highest BCUT2D eigenvalue weighted by Gasteiger charge is 2.27. The molecule has 1 fully saturated rings. The first-order chi connectivity index (χ1) is 8.02. The third kappa shape index (κ3) is 5.03. The number of likely N-dealkylation sites (N-methyl/N-ethyl adjacent to an activating group) is 1. The van der Waals surface area contributed by atoms with Gasteiger partial charge >= 0.3 is 0 Å². The lowest BCUT2D eigenvalue weighted by atomic mass is 10.2. The molecule has 2 unspecified atom stereocenters. The number of rotatable bonds is 6. The first-order valence-corrected chi connectivity index (χ1v) is 6.57. The summed E-state index contributed by atoms with van der Waals surface area (Å²) in [6.45, 7) is 7.26. The summed E-state index contributed by atoms with van der Waals surface area (Å²) in [6.07, 6.45) is 2.52. The second-order valence-electron chi connectivity index (χ2n) is 5.56. The normalized spacial score (nSPS) is 23.2. The van der Waals surface area contributed by atoms with Crippen molar-refractivity contribution in [2.45, 2.75) is 44.8 Å². The van der Waals surface area contributed by atoms with Crippen LogP contribution >= 0.6 is 0 Å². The summed E-state index contributed by atoms with van der Waals surface area (Å²) in [4.78, 5) is 4.70. The zero-order valence-corrected chi connectivity index (χ0v) is 11.6. The Morgan fingerprint density at radius 3 is 2.71 bits per heavy atom. The van der Waals surface area contributed by atoms with Crippen LogP contribution in [0.1, 0.15) is 26.7 Å². The molecule has 0 saturated carbocycles. The third-order valence-electron chi connectivity index (χ3n) is 3.18. The maximum absolute atomic E-state index is 9.15. The van der Waals surface area contributed by atoms with Crippen LogP contribution in [0.15, 0.2) is 0 Å². The zero-order chi connectivity index (χ0) is 12.8. The molecule has 1 rings (SSSR count). The molecule has 0 aromatic rings. The predicted molar refractivity (Wildman–Crippen MR) is 70.8 cm³/mol. The maximum atomic E-state index is 9.15. The van der Waals surface area contributed by atoms with Crippen LogP contribution in [0.5, 0.6) is 0 Å². The van der Waals surface area contributed by atoms with E-state index < -0.39 is 0 Å². The number of likely N-dealkylation sites (tertiary alicyclic amines) is 1. The minimum Gasteiger partial charge on any atom is -0.308 e. The predicted octanol–water partition coefficient (Wildman–Crippen LogP) is 0.903. The smallest absolute Gasteiger partial charge is 0.108 e. The van der Waals surface area contributed by atoms with Gasteiger partial charge in [-0.15, -0.1) is 0 Å². The van der Waals surface area contributed by atoms with Crippen molar-refractivity contribution in [2.75, 3.05) is 33.7 Å². The molecule has 0 radical (unpaired) electrons. The van der Waals surface area contributed by atoms with Crippen molar-refractivity contribution < 1.29 is 0 Å². The summed E-state index contributed by atoms with van der Waals surface area (Å²) < 4.78 is 0. The number of nitriles is 1. The van der Waals surface area contributed by atoms with Gasteiger partial charge in [-0.1, -0.05) is 0 Å². The monoisotopic (exact) mass is 238 g/mol. The van der Waals surface area contributed by atoms with Crippen molar-refractivity contribution in [3.8, 4) is 6.07 Å². The van der Waals surface area contributed by atoms with E-state index in [1.54, 1.807) is 0 Å². The van der Waals surface area contributed by atoms with Gasteiger partial charge in [0.05, 0.1) is 6.07 Å². The van der Waals surface area contributed by atoms with E-state index in [0.29, 0.717) is 12.1 Å². The van der Waals surface area contributed by atoms with Crippen LogP contribution in [-0.2, 0) is 0 Å². The van der Waals surface area contributed by atoms with Gasteiger partial charge < -0.3 is 4.90 Å². The van der Waals surface area contributed by atoms with Crippen molar-refractivity contribution in [1.82, 2.24) is 15.1 Å². The van der Waals surface area contributed by atoms with E-state index in [0.717, 1.165) is 19.6 Å². The summed E-state index contributed by atoms with van der Waals surface area (Å²) >= 11 is 0. The van der Waals surface area contributed by atoms with E-state index in [4.69, 9.17) is 5.26 Å². The van der Waals surface area contributed by atoms with E-state index in [-0.39, 0.29) is 6.04 Å². The highest BCUT2D eigenvalue weighted by Crippen LogP contribution is 2.17. The molecule has 4 heteroatoms. The molecule has 4 nitrogen and oxygen atoms in total. The summed E-state index contributed by atoms with van der Waals surface area (Å²) in [6, 6.07) is 3.31. The molecule has 2 atom stereocenters. The number of hydrogen-bond acceptors (Lipinski definition) is 4. The molecule has 1 aliphatic rings. The highest BCUT2D eigenvalue weighted by atomic mass is 15.2. The second-order valence-corrected chi connectivity index (χ2v) is 5.56. The first kappa shape index (κ1) is 14.4. The molecule has 0 spiro atoms. The van der Waals surface area contributed by atoms with Crippen molar-refractivity contribution in [3.05, 3.63) is 0 Å². The van der Waals surface area contributed by atoms with E-state index in [1.165, 1.54) is 12.8 Å². The molecule has 0 aliphatic carbocycles. The van der Waals surface area contributed by atoms with E-state index in [9.17, 15) is 0 Å². The molecule has 1 saturated heterocycles. The largest absolute Gasteiger partial charge is 0.308 e. The van der Waals surface area contributed by atoms with Crippen molar-refractivity contribution in [1.29, 1.82) is 5.26 Å². The van der Waals surface area contributed by atoms with Gasteiger partial charge in [-0.25, -0.2) is 0 Å². The van der Waals surface area contributed by atoms with E-state index in [2.05, 4.69) is 49.1 Å². The number of nitrogens with one attached hydrogen (secondary N) is 1. The Labute approximate surface area is 106 Å². The Hall–Kier alpha value is -0.630. The van der Waals surface area contributed by atoms with Crippen LogP contribution in [0.3, 0.4) is 0 Å². The molecular weight excluding hydrogens is 212 g/mol. The third-order valence-corrected chi connectivity index (χ3v) is 3.18. The molecule has 1 N–H and O–H groups in total. The van der Waals surface area contributed by atoms with Crippen molar-refractivity contribution in [2.24, 2.45) is 0 Å². The Morgan fingerprint density at radius 1 is 1.47 bits per heavy atom. The molecule has 1 aliphatic heterocycles. The van der Waals surface area contributed by atoms with Gasteiger partial charge in [0.1, 0.15) is 6.04 Å². The standard InChI is InChI=1S/C13H26N4/c1-11(2)15-12(8-14)9-17-7-5-6-13(17)10-16(3)4/h11-13,15H,5-7,9-10H2,1-4H3. The lowest BCUT2D eigenvalue weighted by Crippen LogP contribution is -2.46. The SMILES string of the molecule is CC(C)NC(C#N)CN1CCCC1CN(C)C. The van der Waals surface area contributed by atoms with Gasteiger partial charge in [-0.05, 0) is 47.3 Å². The summed E-state index contributed by atoms with van der Waals surface area (Å²) in [7, 11) is 4.23. The van der Waals surface area contributed by atoms with Crippen LogP contribution in [0.2, 0.25) is 0 Å². The molecule has 0 aromatic carbocycles. The van der Waals surface area contributed by atoms with E-state index in [1.807, 2.05) is 0 Å². The minimum atomic E-state index is -0.0437. The first-order valence-electron chi connectivity index (χ1n) is 6.57. The second kappa shape index (κ2) is 6.95. The van der Waals surface area contributed by atoms with Crippen molar-refractivity contribution in [3.63, 3.8) is 0 Å². The average Bonchev–Trinajstić information content (AvgIpc) is 2.63. The Kier molecular flexibility index (Phi) is 5.90.